The lowest BCUT2D eigenvalue weighted by molar-refractivity contribution is 0.672. The molecule has 0 aliphatic rings. The van der Waals surface area contributed by atoms with Gasteiger partial charge in [0.25, 0.3) is 0 Å². The van der Waals surface area contributed by atoms with Gasteiger partial charge in [-0.15, -0.1) is 11.3 Å². The van der Waals surface area contributed by atoms with Crippen molar-refractivity contribution in [3.05, 3.63) is 170 Å². The first-order valence-corrected chi connectivity index (χ1v) is 18.7. The van der Waals surface area contributed by atoms with Crippen LogP contribution in [0.5, 0.6) is 0 Å². The summed E-state index contributed by atoms with van der Waals surface area (Å²) >= 11 is 1.69. The fraction of sp³-hybridized carbons (Fsp3) is 0. The van der Waals surface area contributed by atoms with Gasteiger partial charge in [0.15, 0.2) is 23.1 Å². The van der Waals surface area contributed by atoms with Crippen LogP contribution >= 0.6 is 11.3 Å². The van der Waals surface area contributed by atoms with E-state index >= 15 is 0 Å². The molecule has 0 N–H and O–H groups in total. The van der Waals surface area contributed by atoms with Crippen LogP contribution in [0.3, 0.4) is 0 Å². The number of hydrogen-bond acceptors (Lipinski definition) is 6. The van der Waals surface area contributed by atoms with E-state index in [1.165, 1.54) is 0 Å². The number of furan rings is 1. The van der Waals surface area contributed by atoms with E-state index in [4.69, 9.17) is 24.4 Å². The molecule has 0 saturated carbocycles. The number of rotatable bonds is 5. The normalized spacial score (nSPS) is 11.7. The molecule has 11 rings (SSSR count). The highest BCUT2D eigenvalue weighted by Gasteiger charge is 2.21. The number of nitrogens with zero attached hydrogens (tertiary/aromatic N) is 4. The van der Waals surface area contributed by atoms with Crippen LogP contribution in [0.15, 0.2) is 174 Å². The Hall–Kier alpha value is -7.02. The summed E-state index contributed by atoms with van der Waals surface area (Å²) in [5, 5.41) is 7.45. The second-order valence-corrected chi connectivity index (χ2v) is 14.4. The first-order valence-electron chi connectivity index (χ1n) is 17.9. The topological polar surface area (TPSA) is 64.7 Å². The molecule has 3 aromatic heterocycles. The van der Waals surface area contributed by atoms with E-state index in [9.17, 15) is 0 Å². The largest absolute Gasteiger partial charge is 0.454 e. The molecule has 54 heavy (non-hydrogen) atoms. The monoisotopic (exact) mass is 708 g/mol. The van der Waals surface area contributed by atoms with Crippen molar-refractivity contribution < 1.29 is 4.42 Å². The molecular formula is C48H28N4OS. The van der Waals surface area contributed by atoms with Crippen LogP contribution in [-0.2, 0) is 0 Å². The van der Waals surface area contributed by atoms with Gasteiger partial charge in [-0.1, -0.05) is 133 Å². The number of thiazole rings is 1. The summed E-state index contributed by atoms with van der Waals surface area (Å²) in [6, 6.07) is 58.6. The maximum absolute atomic E-state index is 6.72. The lowest BCUT2D eigenvalue weighted by Crippen LogP contribution is -2.01. The van der Waals surface area contributed by atoms with Gasteiger partial charge >= 0.3 is 0 Å². The maximum atomic E-state index is 6.72. The number of benzene rings is 8. The second-order valence-electron chi connectivity index (χ2n) is 13.4. The highest BCUT2D eigenvalue weighted by atomic mass is 32.1. The van der Waals surface area contributed by atoms with E-state index in [-0.39, 0.29) is 0 Å². The lowest BCUT2D eigenvalue weighted by atomic mass is 9.93. The van der Waals surface area contributed by atoms with Crippen LogP contribution in [0, 0.1) is 0 Å². The van der Waals surface area contributed by atoms with Gasteiger partial charge in [-0.25, -0.2) is 19.9 Å². The van der Waals surface area contributed by atoms with Crippen molar-refractivity contribution in [1.29, 1.82) is 0 Å². The van der Waals surface area contributed by atoms with E-state index < -0.39 is 0 Å². The number of hydrogen-bond donors (Lipinski definition) is 0. The highest BCUT2D eigenvalue weighted by Crippen LogP contribution is 2.45. The zero-order valence-corrected chi connectivity index (χ0v) is 29.6. The molecule has 0 aliphatic heterocycles. The van der Waals surface area contributed by atoms with Gasteiger partial charge in [-0.3, -0.25) is 0 Å². The van der Waals surface area contributed by atoms with Gasteiger partial charge in [0.05, 0.1) is 4.70 Å². The van der Waals surface area contributed by atoms with Crippen molar-refractivity contribution >= 4 is 65.0 Å². The molecule has 0 spiro atoms. The third-order valence-corrected chi connectivity index (χ3v) is 11.2. The summed E-state index contributed by atoms with van der Waals surface area (Å²) in [4.78, 5) is 20.6. The Morgan fingerprint density at radius 1 is 0.407 bits per heavy atom. The van der Waals surface area contributed by atoms with Gasteiger partial charge in [-0.05, 0) is 63.7 Å². The minimum Gasteiger partial charge on any atom is -0.454 e. The van der Waals surface area contributed by atoms with E-state index in [1.54, 1.807) is 11.3 Å². The summed E-state index contributed by atoms with van der Waals surface area (Å²) in [5.74, 6) is 1.85. The summed E-state index contributed by atoms with van der Waals surface area (Å²) in [7, 11) is 0. The Kier molecular flexibility index (Phi) is 6.97. The van der Waals surface area contributed by atoms with E-state index in [0.29, 0.717) is 17.5 Å². The Labute approximate surface area is 313 Å². The quantitative estimate of drug-likeness (QED) is 0.167. The van der Waals surface area contributed by atoms with Crippen LogP contribution in [0.2, 0.25) is 0 Å². The number of aromatic nitrogens is 4. The summed E-state index contributed by atoms with van der Waals surface area (Å²) in [6.45, 7) is 0. The molecule has 0 amide bonds. The lowest BCUT2D eigenvalue weighted by Gasteiger charge is -2.13. The minimum atomic E-state index is 0.612. The molecule has 0 unspecified atom stereocenters. The van der Waals surface area contributed by atoms with Gasteiger partial charge in [-0.2, -0.15) is 0 Å². The van der Waals surface area contributed by atoms with Gasteiger partial charge < -0.3 is 4.42 Å². The van der Waals surface area contributed by atoms with Crippen LogP contribution in [0.4, 0.5) is 0 Å². The summed E-state index contributed by atoms with van der Waals surface area (Å²) in [5.41, 5.74) is 8.63. The molecule has 0 bridgehead atoms. The zero-order valence-electron chi connectivity index (χ0n) is 28.8. The van der Waals surface area contributed by atoms with E-state index in [1.807, 2.05) is 54.6 Å². The molecule has 3 heterocycles. The first-order chi connectivity index (χ1) is 26.7. The third kappa shape index (κ3) is 4.99. The fourth-order valence-electron chi connectivity index (χ4n) is 7.60. The highest BCUT2D eigenvalue weighted by molar-refractivity contribution is 7.21. The molecule has 6 heteroatoms. The molecule has 0 aliphatic carbocycles. The Morgan fingerprint density at radius 3 is 1.83 bits per heavy atom. The Balaban J connectivity index is 1.17. The van der Waals surface area contributed by atoms with Gasteiger partial charge in [0, 0.05) is 38.4 Å². The molecule has 8 aromatic carbocycles. The molecule has 5 nitrogen and oxygen atoms in total. The van der Waals surface area contributed by atoms with Crippen LogP contribution < -0.4 is 0 Å². The minimum absolute atomic E-state index is 0.612. The van der Waals surface area contributed by atoms with E-state index in [2.05, 4.69) is 115 Å². The summed E-state index contributed by atoms with van der Waals surface area (Å²) < 4.78 is 7.82. The Morgan fingerprint density at radius 2 is 1.04 bits per heavy atom. The third-order valence-electron chi connectivity index (χ3n) is 10.1. The smallest absolute Gasteiger partial charge is 0.164 e. The van der Waals surface area contributed by atoms with Crippen molar-refractivity contribution in [3.63, 3.8) is 0 Å². The van der Waals surface area contributed by atoms with Crippen LogP contribution in [0.25, 0.3) is 110 Å². The predicted octanol–water partition coefficient (Wildman–Crippen LogP) is 13.0. The molecule has 0 atom stereocenters. The average Bonchev–Trinajstić information content (AvgIpc) is 3.87. The molecule has 252 valence electrons. The van der Waals surface area contributed by atoms with Crippen molar-refractivity contribution in [2.45, 2.75) is 0 Å². The van der Waals surface area contributed by atoms with Crippen molar-refractivity contribution in [2.75, 3.05) is 0 Å². The second kappa shape index (κ2) is 12.3. The average molecular weight is 709 g/mol. The maximum Gasteiger partial charge on any atom is 0.164 e. The molecule has 0 saturated heterocycles. The zero-order chi connectivity index (χ0) is 35.6. The molecular weight excluding hydrogens is 681 g/mol. The Bertz CT molecular complexity index is 3210. The first kappa shape index (κ1) is 30.6. The van der Waals surface area contributed by atoms with Gasteiger partial charge in [0.1, 0.15) is 16.1 Å². The SMILES string of the molecule is c1ccc(-c2cccc(-c3nc(-c4ccccc4)nc(-c4cc5ccccc5c5c4ccc4oc6c(ccc7sc(-c8ccccc8)nc76)c45)n3)c2)cc1. The molecule has 0 radical (unpaired) electrons. The van der Waals surface area contributed by atoms with Gasteiger partial charge in [0.2, 0.25) is 0 Å². The van der Waals surface area contributed by atoms with E-state index in [0.717, 1.165) is 92.1 Å². The standard InChI is InChI=1S/C48H28N4OS/c1-4-13-29(14-5-1)32-20-12-21-34(27-32)46-50-45(30-15-6-2-7-16-30)51-47(52-46)38-28-33-19-10-11-22-35(33)41-36(38)23-25-39-42(41)37-24-26-40-43(44(37)53-39)49-48(54-40)31-17-8-3-9-18-31/h1-28H. The molecule has 0 fully saturated rings. The molecule has 11 aromatic rings. The van der Waals surface area contributed by atoms with Crippen LogP contribution in [-0.4, -0.2) is 19.9 Å². The van der Waals surface area contributed by atoms with Crippen LogP contribution in [0.1, 0.15) is 0 Å². The predicted molar refractivity (Wildman–Crippen MR) is 222 cm³/mol. The van der Waals surface area contributed by atoms with Crippen molar-refractivity contribution in [1.82, 2.24) is 19.9 Å². The summed E-state index contributed by atoms with van der Waals surface area (Å²) in [6.07, 6.45) is 0. The van der Waals surface area contributed by atoms with Crippen molar-refractivity contribution in [2.24, 2.45) is 0 Å². The fourth-order valence-corrected chi connectivity index (χ4v) is 8.57. The van der Waals surface area contributed by atoms with Crippen molar-refractivity contribution in [3.8, 4) is 55.9 Å². The number of fused-ring (bicyclic) bond motifs is 9.